The van der Waals surface area contributed by atoms with Crippen molar-refractivity contribution in [1.29, 1.82) is 0 Å². The lowest BCUT2D eigenvalue weighted by Crippen LogP contribution is -2.35. The van der Waals surface area contributed by atoms with Gasteiger partial charge >= 0.3 is 0 Å². The molecule has 0 N–H and O–H groups in total. The Morgan fingerprint density at radius 1 is 1.26 bits per heavy atom. The normalized spacial score (nSPS) is 25.7. The molecular weight excluding hydrogens is 244 g/mol. The summed E-state index contributed by atoms with van der Waals surface area (Å²) in [5, 5.41) is 0. The van der Waals surface area contributed by atoms with Gasteiger partial charge in [0.15, 0.2) is 0 Å². The molecule has 2 aliphatic rings. The summed E-state index contributed by atoms with van der Waals surface area (Å²) in [5.74, 6) is 1.96. The van der Waals surface area contributed by atoms with Crippen LogP contribution in [0.2, 0.25) is 0 Å². The largest absolute Gasteiger partial charge is 0.375 e. The molecule has 2 saturated heterocycles. The minimum atomic E-state index is 0.0967. The summed E-state index contributed by atoms with van der Waals surface area (Å²) >= 11 is 0. The van der Waals surface area contributed by atoms with Crippen molar-refractivity contribution in [2.75, 3.05) is 44.8 Å². The fourth-order valence-corrected chi connectivity index (χ4v) is 3.03. The average molecular weight is 262 g/mol. The number of methoxy groups -OCH3 is 1. The van der Waals surface area contributed by atoms with Crippen molar-refractivity contribution < 1.29 is 9.53 Å². The molecule has 6 nitrogen and oxygen atoms in total. The highest BCUT2D eigenvalue weighted by atomic mass is 16.5. The van der Waals surface area contributed by atoms with Gasteiger partial charge in [0.05, 0.1) is 0 Å². The molecule has 0 aliphatic carbocycles. The third-order valence-corrected chi connectivity index (χ3v) is 3.94. The lowest BCUT2D eigenvalue weighted by Gasteiger charge is -2.21. The van der Waals surface area contributed by atoms with Crippen molar-refractivity contribution in [2.24, 2.45) is 11.8 Å². The molecule has 19 heavy (non-hydrogen) atoms. The van der Waals surface area contributed by atoms with Crippen LogP contribution < -0.4 is 4.90 Å². The predicted octanol–water partition coefficient (Wildman–Crippen LogP) is 0.0176. The molecule has 3 heterocycles. The molecular formula is C13H18N4O2. The summed E-state index contributed by atoms with van der Waals surface area (Å²) in [6.45, 7) is 3.72. The number of fused-ring (bicyclic) bond motifs is 1. The van der Waals surface area contributed by atoms with Gasteiger partial charge in [-0.2, -0.15) is 0 Å². The number of aromatic nitrogens is 2. The molecule has 0 spiro atoms. The monoisotopic (exact) mass is 262 g/mol. The van der Waals surface area contributed by atoms with Crippen LogP contribution in [0.25, 0.3) is 0 Å². The Morgan fingerprint density at radius 2 is 1.89 bits per heavy atom. The van der Waals surface area contributed by atoms with E-state index in [1.165, 1.54) is 0 Å². The fourth-order valence-electron chi connectivity index (χ4n) is 3.03. The van der Waals surface area contributed by atoms with E-state index < -0.39 is 0 Å². The summed E-state index contributed by atoms with van der Waals surface area (Å²) < 4.78 is 4.91. The molecule has 1 amide bonds. The zero-order valence-electron chi connectivity index (χ0n) is 11.0. The van der Waals surface area contributed by atoms with Crippen LogP contribution in [-0.2, 0) is 9.53 Å². The van der Waals surface area contributed by atoms with Gasteiger partial charge in [-0.3, -0.25) is 4.79 Å². The van der Waals surface area contributed by atoms with Gasteiger partial charge in [-0.05, 0) is 6.07 Å². The average Bonchev–Trinajstić information content (AvgIpc) is 2.98. The molecule has 1 aromatic heterocycles. The van der Waals surface area contributed by atoms with Crippen LogP contribution in [0.3, 0.4) is 0 Å². The zero-order valence-corrected chi connectivity index (χ0v) is 11.0. The van der Waals surface area contributed by atoms with Crippen molar-refractivity contribution in [3.8, 4) is 0 Å². The number of carbonyl (C=O) groups excluding carboxylic acids is 1. The second-order valence-corrected chi connectivity index (χ2v) is 5.21. The number of likely N-dealkylation sites (tertiary alicyclic amines) is 1. The summed E-state index contributed by atoms with van der Waals surface area (Å²) in [7, 11) is 1.56. The Balaban J connectivity index is 1.60. The van der Waals surface area contributed by atoms with Crippen LogP contribution in [0.4, 0.5) is 5.95 Å². The molecule has 2 fully saturated rings. The van der Waals surface area contributed by atoms with Crippen LogP contribution in [-0.4, -0.2) is 60.7 Å². The lowest BCUT2D eigenvalue weighted by atomic mass is 10.0. The first-order chi connectivity index (χ1) is 9.28. The van der Waals surface area contributed by atoms with E-state index in [2.05, 4.69) is 14.9 Å². The van der Waals surface area contributed by atoms with Crippen LogP contribution in [0.15, 0.2) is 18.5 Å². The maximum Gasteiger partial charge on any atom is 0.248 e. The standard InChI is InChI=1S/C13H18N4O2/c1-19-9-12(18)16-5-10-7-17(8-11(10)6-16)13-14-3-2-4-15-13/h2-4,10-11H,5-9H2,1H3/t10-,11-/m1/s1. The minimum Gasteiger partial charge on any atom is -0.375 e. The molecule has 2 aliphatic heterocycles. The first kappa shape index (κ1) is 12.3. The second-order valence-electron chi connectivity index (χ2n) is 5.21. The smallest absolute Gasteiger partial charge is 0.248 e. The quantitative estimate of drug-likeness (QED) is 0.768. The molecule has 102 valence electrons. The van der Waals surface area contributed by atoms with E-state index in [1.54, 1.807) is 19.5 Å². The fraction of sp³-hybridized carbons (Fsp3) is 0.615. The van der Waals surface area contributed by atoms with E-state index in [0.29, 0.717) is 11.8 Å². The SMILES string of the molecule is COCC(=O)N1C[C@@H]2CN(c3ncccn3)C[C@H]2C1. The van der Waals surface area contributed by atoms with Crippen LogP contribution in [0.1, 0.15) is 0 Å². The lowest BCUT2D eigenvalue weighted by molar-refractivity contribution is -0.134. The maximum atomic E-state index is 11.8. The van der Waals surface area contributed by atoms with E-state index in [-0.39, 0.29) is 12.5 Å². The number of ether oxygens (including phenoxy) is 1. The van der Waals surface area contributed by atoms with Gasteiger partial charge in [-0.25, -0.2) is 9.97 Å². The van der Waals surface area contributed by atoms with Gasteiger partial charge in [0.25, 0.3) is 0 Å². The molecule has 0 radical (unpaired) electrons. The topological polar surface area (TPSA) is 58.6 Å². The third kappa shape index (κ3) is 2.40. The highest BCUT2D eigenvalue weighted by Gasteiger charge is 2.42. The molecule has 0 bridgehead atoms. The van der Waals surface area contributed by atoms with Gasteiger partial charge in [0.2, 0.25) is 11.9 Å². The number of hydrogen-bond acceptors (Lipinski definition) is 5. The summed E-state index contributed by atoms with van der Waals surface area (Å²) in [6, 6.07) is 1.82. The van der Waals surface area contributed by atoms with E-state index >= 15 is 0 Å². The van der Waals surface area contributed by atoms with Crippen molar-refractivity contribution in [2.45, 2.75) is 0 Å². The Morgan fingerprint density at radius 3 is 2.47 bits per heavy atom. The number of nitrogens with zero attached hydrogens (tertiary/aromatic N) is 4. The minimum absolute atomic E-state index is 0.0967. The van der Waals surface area contributed by atoms with Crippen molar-refractivity contribution in [3.63, 3.8) is 0 Å². The van der Waals surface area contributed by atoms with Gasteiger partial charge in [-0.15, -0.1) is 0 Å². The highest BCUT2D eigenvalue weighted by Crippen LogP contribution is 2.32. The second kappa shape index (κ2) is 5.13. The molecule has 2 atom stereocenters. The van der Waals surface area contributed by atoms with E-state index in [9.17, 15) is 4.79 Å². The molecule has 0 aromatic carbocycles. The molecule has 6 heteroatoms. The van der Waals surface area contributed by atoms with E-state index in [1.807, 2.05) is 11.0 Å². The maximum absolute atomic E-state index is 11.8. The highest BCUT2D eigenvalue weighted by molar-refractivity contribution is 5.77. The van der Waals surface area contributed by atoms with E-state index in [0.717, 1.165) is 32.1 Å². The number of carbonyl (C=O) groups is 1. The van der Waals surface area contributed by atoms with Gasteiger partial charge < -0.3 is 14.5 Å². The Bertz CT molecular complexity index is 439. The van der Waals surface area contributed by atoms with Gasteiger partial charge in [0.1, 0.15) is 6.61 Å². The summed E-state index contributed by atoms with van der Waals surface area (Å²) in [5.41, 5.74) is 0. The number of anilines is 1. The Kier molecular flexibility index (Phi) is 3.33. The Hall–Kier alpha value is -1.69. The van der Waals surface area contributed by atoms with Gasteiger partial charge in [0, 0.05) is 57.5 Å². The number of amides is 1. The first-order valence-corrected chi connectivity index (χ1v) is 6.56. The van der Waals surface area contributed by atoms with Crippen LogP contribution in [0.5, 0.6) is 0 Å². The third-order valence-electron chi connectivity index (χ3n) is 3.94. The van der Waals surface area contributed by atoms with Crippen molar-refractivity contribution in [1.82, 2.24) is 14.9 Å². The summed E-state index contributed by atoms with van der Waals surface area (Å²) in [4.78, 5) is 24.5. The molecule has 3 rings (SSSR count). The first-order valence-electron chi connectivity index (χ1n) is 6.56. The number of hydrogen-bond donors (Lipinski definition) is 0. The van der Waals surface area contributed by atoms with Crippen LogP contribution in [0, 0.1) is 11.8 Å². The number of rotatable bonds is 3. The summed E-state index contributed by atoms with van der Waals surface area (Å²) in [6.07, 6.45) is 3.54. The Labute approximate surface area is 112 Å². The van der Waals surface area contributed by atoms with Crippen molar-refractivity contribution >= 4 is 11.9 Å². The van der Waals surface area contributed by atoms with Crippen LogP contribution >= 0.6 is 0 Å². The van der Waals surface area contributed by atoms with E-state index in [4.69, 9.17) is 4.74 Å². The molecule has 0 saturated carbocycles. The molecule has 0 unspecified atom stereocenters. The van der Waals surface area contributed by atoms with Gasteiger partial charge in [-0.1, -0.05) is 0 Å². The predicted molar refractivity (Wildman–Crippen MR) is 69.7 cm³/mol. The zero-order chi connectivity index (χ0) is 13.2. The van der Waals surface area contributed by atoms with Crippen molar-refractivity contribution in [3.05, 3.63) is 18.5 Å². The molecule has 1 aromatic rings.